The number of sulfonamides is 1. The van der Waals surface area contributed by atoms with Crippen LogP contribution in [0.25, 0.3) is 0 Å². The van der Waals surface area contributed by atoms with Gasteiger partial charge in [0.1, 0.15) is 16.5 Å². The molecule has 8 heteroatoms. The Labute approximate surface area is 170 Å². The van der Waals surface area contributed by atoms with Crippen LogP contribution in [0.4, 0.5) is 4.39 Å². The Morgan fingerprint density at radius 1 is 1.14 bits per heavy atom. The number of carbonyl (C=O) groups excluding carboxylic acids is 1. The van der Waals surface area contributed by atoms with E-state index < -0.39 is 20.7 Å². The molecule has 156 valence electrons. The van der Waals surface area contributed by atoms with Crippen molar-refractivity contribution in [2.75, 3.05) is 26.7 Å². The van der Waals surface area contributed by atoms with Gasteiger partial charge in [0.15, 0.2) is 0 Å². The minimum atomic E-state index is -4.01. The molecular formula is C21H25FN2O4S. The molecule has 0 saturated heterocycles. The molecule has 0 fully saturated rings. The molecule has 29 heavy (non-hydrogen) atoms. The smallest absolute Gasteiger partial charge is 0.254 e. The summed E-state index contributed by atoms with van der Waals surface area (Å²) in [5.74, 6) is -0.468. The SMILES string of the molecule is CCN(CC)S(=O)(=O)c1cc(C(=O)N2CCc3ccc(OC)cc3C2)ccc1F. The van der Waals surface area contributed by atoms with Crippen molar-refractivity contribution in [1.82, 2.24) is 9.21 Å². The summed E-state index contributed by atoms with van der Waals surface area (Å²) in [6.45, 7) is 4.72. The maximum atomic E-state index is 14.3. The number of hydrogen-bond acceptors (Lipinski definition) is 4. The van der Waals surface area contributed by atoms with Gasteiger partial charge in [0.2, 0.25) is 10.0 Å². The zero-order valence-corrected chi connectivity index (χ0v) is 17.6. The Morgan fingerprint density at radius 2 is 1.86 bits per heavy atom. The molecule has 1 amide bonds. The maximum absolute atomic E-state index is 14.3. The van der Waals surface area contributed by atoms with Gasteiger partial charge in [-0.15, -0.1) is 0 Å². The van der Waals surface area contributed by atoms with Crippen molar-refractivity contribution in [1.29, 1.82) is 0 Å². The molecule has 1 heterocycles. The zero-order chi connectivity index (χ0) is 21.2. The first-order valence-electron chi connectivity index (χ1n) is 9.56. The first-order valence-corrected chi connectivity index (χ1v) is 11.0. The fourth-order valence-electron chi connectivity index (χ4n) is 3.55. The summed E-state index contributed by atoms with van der Waals surface area (Å²) in [5.41, 5.74) is 2.30. The number of nitrogens with zero attached hydrogens (tertiary/aromatic N) is 2. The number of rotatable bonds is 6. The molecule has 0 bridgehead atoms. The number of amides is 1. The summed E-state index contributed by atoms with van der Waals surface area (Å²) in [4.78, 5) is 14.2. The molecule has 0 atom stereocenters. The van der Waals surface area contributed by atoms with Crippen LogP contribution in [0, 0.1) is 5.82 Å². The minimum Gasteiger partial charge on any atom is -0.497 e. The molecule has 0 saturated carbocycles. The number of ether oxygens (including phenoxy) is 1. The van der Waals surface area contributed by atoms with Gasteiger partial charge in [-0.3, -0.25) is 4.79 Å². The zero-order valence-electron chi connectivity index (χ0n) is 16.8. The molecule has 2 aromatic rings. The molecular weight excluding hydrogens is 395 g/mol. The van der Waals surface area contributed by atoms with E-state index in [0.717, 1.165) is 23.3 Å². The Hall–Kier alpha value is -2.45. The lowest BCUT2D eigenvalue weighted by atomic mass is 9.99. The summed E-state index contributed by atoms with van der Waals surface area (Å²) in [6, 6.07) is 9.30. The third kappa shape index (κ3) is 4.13. The summed E-state index contributed by atoms with van der Waals surface area (Å²) in [7, 11) is -2.42. The standard InChI is InChI=1S/C21H25FN2O4S/c1-4-24(5-2)29(26,27)20-13-16(7-9-19(20)22)21(25)23-11-10-15-6-8-18(28-3)12-17(15)14-23/h6-9,12-13H,4-5,10-11,14H2,1-3H3. The molecule has 3 rings (SSSR count). The van der Waals surface area contributed by atoms with Crippen molar-refractivity contribution in [3.63, 3.8) is 0 Å². The van der Waals surface area contributed by atoms with Crippen LogP contribution in [-0.2, 0) is 23.0 Å². The van der Waals surface area contributed by atoms with E-state index in [2.05, 4.69) is 0 Å². The predicted octanol–water partition coefficient (Wildman–Crippen LogP) is 3.06. The van der Waals surface area contributed by atoms with E-state index >= 15 is 0 Å². The van der Waals surface area contributed by atoms with Crippen LogP contribution >= 0.6 is 0 Å². The molecule has 0 aliphatic carbocycles. The lowest BCUT2D eigenvalue weighted by Gasteiger charge is -2.29. The highest BCUT2D eigenvalue weighted by Crippen LogP contribution is 2.26. The van der Waals surface area contributed by atoms with E-state index in [1.165, 1.54) is 10.4 Å². The number of halogens is 1. The third-order valence-electron chi connectivity index (χ3n) is 5.21. The van der Waals surface area contributed by atoms with Gasteiger partial charge in [0.05, 0.1) is 7.11 Å². The topological polar surface area (TPSA) is 66.9 Å². The highest BCUT2D eigenvalue weighted by molar-refractivity contribution is 7.89. The summed E-state index contributed by atoms with van der Waals surface area (Å²) < 4.78 is 46.3. The van der Waals surface area contributed by atoms with Crippen LogP contribution < -0.4 is 4.74 Å². The van der Waals surface area contributed by atoms with E-state index in [-0.39, 0.29) is 24.6 Å². The van der Waals surface area contributed by atoms with Crippen molar-refractivity contribution >= 4 is 15.9 Å². The van der Waals surface area contributed by atoms with Gasteiger partial charge in [0.25, 0.3) is 5.91 Å². The molecule has 1 aliphatic heterocycles. The Morgan fingerprint density at radius 3 is 2.52 bits per heavy atom. The lowest BCUT2D eigenvalue weighted by molar-refractivity contribution is 0.0734. The van der Waals surface area contributed by atoms with Crippen molar-refractivity contribution in [3.05, 3.63) is 58.9 Å². The largest absolute Gasteiger partial charge is 0.497 e. The van der Waals surface area contributed by atoms with E-state index in [9.17, 15) is 17.6 Å². The normalized spacial score (nSPS) is 14.0. The molecule has 2 aromatic carbocycles. The summed E-state index contributed by atoms with van der Waals surface area (Å²) in [5, 5.41) is 0. The van der Waals surface area contributed by atoms with E-state index in [4.69, 9.17) is 4.74 Å². The van der Waals surface area contributed by atoms with Gasteiger partial charge < -0.3 is 9.64 Å². The van der Waals surface area contributed by atoms with Crippen LogP contribution in [0.2, 0.25) is 0 Å². The Balaban J connectivity index is 1.90. The average Bonchev–Trinajstić information content (AvgIpc) is 2.73. The monoisotopic (exact) mass is 420 g/mol. The van der Waals surface area contributed by atoms with Crippen molar-refractivity contribution in [2.24, 2.45) is 0 Å². The van der Waals surface area contributed by atoms with Crippen molar-refractivity contribution in [3.8, 4) is 5.75 Å². The highest BCUT2D eigenvalue weighted by atomic mass is 32.2. The fraction of sp³-hybridized carbons (Fsp3) is 0.381. The second kappa shape index (κ2) is 8.51. The molecule has 0 N–H and O–H groups in total. The van der Waals surface area contributed by atoms with E-state index in [1.807, 2.05) is 18.2 Å². The second-order valence-electron chi connectivity index (χ2n) is 6.85. The van der Waals surface area contributed by atoms with E-state index in [0.29, 0.717) is 25.3 Å². The van der Waals surface area contributed by atoms with Crippen LogP contribution in [0.3, 0.4) is 0 Å². The average molecular weight is 421 g/mol. The van der Waals surface area contributed by atoms with Crippen LogP contribution in [0.1, 0.15) is 35.3 Å². The summed E-state index contributed by atoms with van der Waals surface area (Å²) >= 11 is 0. The van der Waals surface area contributed by atoms with Gasteiger partial charge in [-0.1, -0.05) is 19.9 Å². The molecule has 0 spiro atoms. The van der Waals surface area contributed by atoms with E-state index in [1.54, 1.807) is 25.9 Å². The van der Waals surface area contributed by atoms with Crippen molar-refractivity contribution < 1.29 is 22.3 Å². The quantitative estimate of drug-likeness (QED) is 0.720. The van der Waals surface area contributed by atoms with Crippen LogP contribution in [-0.4, -0.2) is 50.3 Å². The number of benzene rings is 2. The highest BCUT2D eigenvalue weighted by Gasteiger charge is 2.28. The van der Waals surface area contributed by atoms with Gasteiger partial charge in [0, 0.05) is 31.7 Å². The Bertz CT molecular complexity index is 1020. The first-order chi connectivity index (χ1) is 13.8. The minimum absolute atomic E-state index is 0.156. The van der Waals surface area contributed by atoms with Crippen LogP contribution in [0.5, 0.6) is 5.75 Å². The predicted molar refractivity (Wildman–Crippen MR) is 108 cm³/mol. The van der Waals surface area contributed by atoms with Gasteiger partial charge in [-0.05, 0) is 47.9 Å². The Kier molecular flexibility index (Phi) is 6.24. The first kappa shape index (κ1) is 21.3. The fourth-order valence-corrected chi connectivity index (χ4v) is 5.10. The lowest BCUT2D eigenvalue weighted by Crippen LogP contribution is -2.36. The number of carbonyl (C=O) groups is 1. The molecule has 6 nitrogen and oxygen atoms in total. The number of hydrogen-bond donors (Lipinski definition) is 0. The van der Waals surface area contributed by atoms with Crippen molar-refractivity contribution in [2.45, 2.75) is 31.7 Å². The molecule has 0 unspecified atom stereocenters. The molecule has 0 radical (unpaired) electrons. The van der Waals surface area contributed by atoms with Gasteiger partial charge in [-0.25, -0.2) is 12.8 Å². The summed E-state index contributed by atoms with van der Waals surface area (Å²) in [6.07, 6.45) is 0.691. The molecule has 1 aliphatic rings. The maximum Gasteiger partial charge on any atom is 0.254 e. The van der Waals surface area contributed by atoms with Gasteiger partial charge in [-0.2, -0.15) is 4.31 Å². The molecule has 0 aromatic heterocycles. The second-order valence-corrected chi connectivity index (χ2v) is 8.75. The third-order valence-corrected chi connectivity index (χ3v) is 7.28. The number of fused-ring (bicyclic) bond motifs is 1. The van der Waals surface area contributed by atoms with Crippen LogP contribution in [0.15, 0.2) is 41.3 Å². The number of methoxy groups -OCH3 is 1. The van der Waals surface area contributed by atoms with Gasteiger partial charge >= 0.3 is 0 Å².